The van der Waals surface area contributed by atoms with Gasteiger partial charge in [-0.05, 0) is 32.0 Å². The Morgan fingerprint density at radius 3 is 2.71 bits per heavy atom. The van der Waals surface area contributed by atoms with E-state index in [-0.39, 0.29) is 0 Å². The third-order valence-electron chi connectivity index (χ3n) is 2.72. The highest BCUT2D eigenvalue weighted by molar-refractivity contribution is 6.20. The molecule has 0 aromatic carbocycles. The zero-order chi connectivity index (χ0) is 9.80. The highest BCUT2D eigenvalue weighted by Gasteiger charge is 2.16. The summed E-state index contributed by atoms with van der Waals surface area (Å²) in [6, 6.07) is 1.96. The second-order valence-corrected chi connectivity index (χ2v) is 4.40. The molecule has 0 aliphatic carbocycles. The molecule has 1 fully saturated rings. The normalized spacial score (nSPS) is 20.1. The predicted octanol–water partition coefficient (Wildman–Crippen LogP) is 1.59. The molecule has 0 bridgehead atoms. The molecule has 4 heteroatoms. The molecule has 0 saturated carbocycles. The van der Waals surface area contributed by atoms with Crippen molar-refractivity contribution in [3.05, 3.63) is 18.5 Å². The molecule has 0 N–H and O–H groups in total. The van der Waals surface area contributed by atoms with Gasteiger partial charge in [-0.25, -0.2) is 0 Å². The largest absolute Gasteiger partial charge is 0.301 e. The molecule has 0 spiro atoms. The second-order valence-electron chi connectivity index (χ2n) is 3.79. The summed E-state index contributed by atoms with van der Waals surface area (Å²) in [4.78, 5) is 2.46. The number of nitrogens with zero attached hydrogens (tertiary/aromatic N) is 3. The number of hydrogen-bond acceptors (Lipinski definition) is 2. The van der Waals surface area contributed by atoms with Gasteiger partial charge >= 0.3 is 0 Å². The van der Waals surface area contributed by atoms with Crippen LogP contribution in [0.15, 0.2) is 18.5 Å². The minimum Gasteiger partial charge on any atom is -0.301 e. The van der Waals surface area contributed by atoms with Gasteiger partial charge in [0.15, 0.2) is 0 Å². The Morgan fingerprint density at radius 1 is 1.29 bits per heavy atom. The van der Waals surface area contributed by atoms with Crippen LogP contribution in [0.5, 0.6) is 0 Å². The molecule has 78 valence electrons. The summed E-state index contributed by atoms with van der Waals surface area (Å²) in [6.07, 6.45) is 6.08. The van der Waals surface area contributed by atoms with E-state index in [0.29, 0.717) is 5.38 Å². The number of aromatic nitrogens is 2. The summed E-state index contributed by atoms with van der Waals surface area (Å²) in [5, 5.41) is 4.58. The highest BCUT2D eigenvalue weighted by atomic mass is 35.5. The van der Waals surface area contributed by atoms with Gasteiger partial charge in [0.05, 0.1) is 6.54 Å². The Balaban J connectivity index is 1.71. The van der Waals surface area contributed by atoms with E-state index < -0.39 is 0 Å². The molecule has 1 aliphatic rings. The summed E-state index contributed by atoms with van der Waals surface area (Å²) in [7, 11) is 0. The Morgan fingerprint density at radius 2 is 2.07 bits per heavy atom. The van der Waals surface area contributed by atoms with E-state index in [9.17, 15) is 0 Å². The summed E-state index contributed by atoms with van der Waals surface area (Å²) < 4.78 is 1.98. The van der Waals surface area contributed by atoms with E-state index in [1.165, 1.54) is 0 Å². The van der Waals surface area contributed by atoms with Crippen LogP contribution in [0.3, 0.4) is 0 Å². The van der Waals surface area contributed by atoms with Crippen LogP contribution in [0.25, 0.3) is 0 Å². The predicted molar refractivity (Wildman–Crippen MR) is 57.5 cm³/mol. The number of piperidine rings is 1. The van der Waals surface area contributed by atoms with E-state index in [2.05, 4.69) is 10.00 Å². The van der Waals surface area contributed by atoms with E-state index in [4.69, 9.17) is 11.6 Å². The summed E-state index contributed by atoms with van der Waals surface area (Å²) in [5.74, 6) is 0. The first-order chi connectivity index (χ1) is 6.84. The quantitative estimate of drug-likeness (QED) is 0.712. The second kappa shape index (κ2) is 4.80. The van der Waals surface area contributed by atoms with Crippen LogP contribution in [0.1, 0.15) is 12.8 Å². The van der Waals surface area contributed by atoms with Crippen molar-refractivity contribution in [2.45, 2.75) is 24.8 Å². The van der Waals surface area contributed by atoms with Gasteiger partial charge < -0.3 is 4.90 Å². The Labute approximate surface area is 89.7 Å². The number of likely N-dealkylation sites (tertiary alicyclic amines) is 1. The fraction of sp³-hybridized carbons (Fsp3) is 0.700. The fourth-order valence-corrected chi connectivity index (χ4v) is 2.00. The first kappa shape index (κ1) is 9.99. The van der Waals surface area contributed by atoms with Crippen LogP contribution in [0, 0.1) is 0 Å². The van der Waals surface area contributed by atoms with Crippen LogP contribution in [0.4, 0.5) is 0 Å². The highest BCUT2D eigenvalue weighted by Crippen LogP contribution is 2.14. The Bertz CT molecular complexity index is 252. The number of hydrogen-bond donors (Lipinski definition) is 0. The molecule has 0 unspecified atom stereocenters. The molecule has 2 heterocycles. The van der Waals surface area contributed by atoms with Gasteiger partial charge in [0, 0.05) is 24.3 Å². The average molecular weight is 214 g/mol. The van der Waals surface area contributed by atoms with Crippen molar-refractivity contribution in [1.29, 1.82) is 0 Å². The average Bonchev–Trinajstić information content (AvgIpc) is 2.70. The molecule has 14 heavy (non-hydrogen) atoms. The summed E-state index contributed by atoms with van der Waals surface area (Å²) >= 11 is 6.04. The standard InChI is InChI=1S/C10H16ClN3/c11-10-2-6-13(7-3-10)8-9-14-5-1-4-12-14/h1,4-5,10H,2-3,6-9H2. The topological polar surface area (TPSA) is 21.1 Å². The number of rotatable bonds is 3. The lowest BCUT2D eigenvalue weighted by Gasteiger charge is -2.28. The van der Waals surface area contributed by atoms with Crippen LogP contribution >= 0.6 is 11.6 Å². The van der Waals surface area contributed by atoms with E-state index >= 15 is 0 Å². The Hall–Kier alpha value is -0.540. The molecule has 1 aromatic rings. The molecular formula is C10H16ClN3. The Kier molecular flexibility index (Phi) is 3.43. The van der Waals surface area contributed by atoms with Gasteiger partial charge in [-0.3, -0.25) is 4.68 Å². The molecule has 1 aliphatic heterocycles. The van der Waals surface area contributed by atoms with Crippen LogP contribution in [-0.4, -0.2) is 39.7 Å². The van der Waals surface area contributed by atoms with Crippen molar-refractivity contribution in [1.82, 2.24) is 14.7 Å². The minimum absolute atomic E-state index is 0.399. The maximum absolute atomic E-state index is 6.04. The van der Waals surface area contributed by atoms with Crippen molar-refractivity contribution in [2.24, 2.45) is 0 Å². The SMILES string of the molecule is ClC1CCN(CCn2cccn2)CC1. The summed E-state index contributed by atoms with van der Waals surface area (Å²) in [5.41, 5.74) is 0. The van der Waals surface area contributed by atoms with Gasteiger partial charge in [-0.1, -0.05) is 0 Å². The molecule has 0 radical (unpaired) electrons. The zero-order valence-corrected chi connectivity index (χ0v) is 9.03. The maximum Gasteiger partial charge on any atom is 0.0536 e. The molecule has 0 atom stereocenters. The smallest absolute Gasteiger partial charge is 0.0536 e. The first-order valence-corrected chi connectivity index (χ1v) is 5.62. The lowest BCUT2D eigenvalue weighted by molar-refractivity contribution is 0.220. The molecule has 3 nitrogen and oxygen atoms in total. The zero-order valence-electron chi connectivity index (χ0n) is 8.27. The van der Waals surface area contributed by atoms with Gasteiger partial charge in [-0.15, -0.1) is 11.6 Å². The molecule has 1 aromatic heterocycles. The van der Waals surface area contributed by atoms with Crippen LogP contribution in [-0.2, 0) is 6.54 Å². The van der Waals surface area contributed by atoms with Gasteiger partial charge in [0.2, 0.25) is 0 Å². The third kappa shape index (κ3) is 2.72. The first-order valence-electron chi connectivity index (χ1n) is 5.18. The van der Waals surface area contributed by atoms with E-state index in [1.54, 1.807) is 0 Å². The van der Waals surface area contributed by atoms with Crippen molar-refractivity contribution in [3.8, 4) is 0 Å². The summed E-state index contributed by atoms with van der Waals surface area (Å²) in [6.45, 7) is 4.34. The lowest BCUT2D eigenvalue weighted by atomic mass is 10.1. The van der Waals surface area contributed by atoms with E-state index in [0.717, 1.165) is 39.0 Å². The van der Waals surface area contributed by atoms with Gasteiger partial charge in [-0.2, -0.15) is 5.10 Å². The number of alkyl halides is 1. The monoisotopic (exact) mass is 213 g/mol. The van der Waals surface area contributed by atoms with Crippen LogP contribution in [0.2, 0.25) is 0 Å². The third-order valence-corrected chi connectivity index (χ3v) is 3.16. The molecular weight excluding hydrogens is 198 g/mol. The molecule has 0 amide bonds. The minimum atomic E-state index is 0.399. The van der Waals surface area contributed by atoms with Gasteiger partial charge in [0.25, 0.3) is 0 Å². The van der Waals surface area contributed by atoms with Crippen molar-refractivity contribution in [2.75, 3.05) is 19.6 Å². The van der Waals surface area contributed by atoms with Crippen molar-refractivity contribution < 1.29 is 0 Å². The fourth-order valence-electron chi connectivity index (χ4n) is 1.80. The maximum atomic E-state index is 6.04. The van der Waals surface area contributed by atoms with Crippen molar-refractivity contribution >= 4 is 11.6 Å². The van der Waals surface area contributed by atoms with Crippen molar-refractivity contribution in [3.63, 3.8) is 0 Å². The molecule has 1 saturated heterocycles. The van der Waals surface area contributed by atoms with E-state index in [1.807, 2.05) is 23.1 Å². The van der Waals surface area contributed by atoms with Gasteiger partial charge in [0.1, 0.15) is 0 Å². The van der Waals surface area contributed by atoms with Crippen LogP contribution < -0.4 is 0 Å². The number of halogens is 1. The molecule has 2 rings (SSSR count). The lowest BCUT2D eigenvalue weighted by Crippen LogP contribution is -2.36.